The first-order valence-electron chi connectivity index (χ1n) is 10.3. The molecule has 10 nitrogen and oxygen atoms in total. The van der Waals surface area contributed by atoms with Crippen LogP contribution in [0.1, 0.15) is 46.0 Å². The smallest absolute Gasteiger partial charge is 0.322 e. The van der Waals surface area contributed by atoms with Crippen LogP contribution in [-0.4, -0.2) is 55.7 Å². The maximum Gasteiger partial charge on any atom is 0.322 e. The molecule has 1 aliphatic carbocycles. The third kappa shape index (κ3) is 6.51. The minimum atomic E-state index is -4.00. The second-order valence-electron chi connectivity index (χ2n) is 7.84. The van der Waals surface area contributed by atoms with E-state index in [4.69, 9.17) is 4.74 Å². The molecule has 0 saturated heterocycles. The molecule has 0 spiro atoms. The van der Waals surface area contributed by atoms with Crippen molar-refractivity contribution in [2.75, 3.05) is 18.9 Å². The Bertz CT molecular complexity index is 994. The van der Waals surface area contributed by atoms with Crippen molar-refractivity contribution in [2.45, 2.75) is 62.5 Å². The molecule has 1 saturated carbocycles. The van der Waals surface area contributed by atoms with E-state index in [9.17, 15) is 28.1 Å². The summed E-state index contributed by atoms with van der Waals surface area (Å²) in [5, 5.41) is 14.7. The van der Waals surface area contributed by atoms with Gasteiger partial charge in [-0.3, -0.25) is 14.4 Å². The number of carbonyl (C=O) groups is 3. The predicted octanol–water partition coefficient (Wildman–Crippen LogP) is 1.54. The fourth-order valence-electron chi connectivity index (χ4n) is 3.41. The minimum Gasteiger partial charge on any atom is -0.452 e. The summed E-state index contributed by atoms with van der Waals surface area (Å²) in [6, 6.07) is 7.64. The van der Waals surface area contributed by atoms with Crippen molar-refractivity contribution >= 4 is 33.5 Å². The minimum absolute atomic E-state index is 0.0686. The Kier molecular flexibility index (Phi) is 8.35. The number of hydrogen-bond donors (Lipinski definition) is 2. The zero-order valence-corrected chi connectivity index (χ0v) is 19.2. The lowest BCUT2D eigenvalue weighted by atomic mass is 9.83. The maximum atomic E-state index is 12.7. The van der Waals surface area contributed by atoms with Crippen molar-refractivity contribution in [2.24, 2.45) is 0 Å². The maximum absolute atomic E-state index is 12.7. The van der Waals surface area contributed by atoms with Gasteiger partial charge in [0, 0.05) is 19.7 Å². The number of hydrogen-bond acceptors (Lipinski definition) is 7. The second-order valence-corrected chi connectivity index (χ2v) is 9.89. The molecule has 2 N–H and O–H groups in total. The van der Waals surface area contributed by atoms with E-state index in [2.05, 4.69) is 16.7 Å². The molecule has 0 radical (unpaired) electrons. The molecule has 2 amide bonds. The summed E-state index contributed by atoms with van der Waals surface area (Å²) in [4.78, 5) is 35.7. The second kappa shape index (κ2) is 10.6. The molecule has 1 aromatic rings. The van der Waals surface area contributed by atoms with E-state index in [0.717, 1.165) is 23.6 Å². The third-order valence-corrected chi connectivity index (χ3v) is 7.01. The quantitative estimate of drug-likeness (QED) is 0.555. The Morgan fingerprint density at radius 3 is 2.31 bits per heavy atom. The fraction of sp³-hybridized carbons (Fsp3) is 0.524. The van der Waals surface area contributed by atoms with Crippen LogP contribution in [0.4, 0.5) is 5.69 Å². The van der Waals surface area contributed by atoms with E-state index in [1.807, 2.05) is 0 Å². The first kappa shape index (κ1) is 25.3. The highest BCUT2D eigenvalue weighted by Gasteiger charge is 2.35. The number of anilines is 1. The number of nitriles is 1. The number of carbonyl (C=O) groups excluding carboxylic acids is 3. The normalized spacial score (nSPS) is 16.5. The summed E-state index contributed by atoms with van der Waals surface area (Å²) in [6.07, 6.45) is 2.56. The van der Waals surface area contributed by atoms with E-state index in [1.54, 1.807) is 0 Å². The molecule has 2 rings (SSSR count). The number of esters is 1. The van der Waals surface area contributed by atoms with E-state index >= 15 is 0 Å². The summed E-state index contributed by atoms with van der Waals surface area (Å²) in [6.45, 7) is 2.10. The topological polar surface area (TPSA) is 146 Å². The molecule has 174 valence electrons. The summed E-state index contributed by atoms with van der Waals surface area (Å²) in [7, 11) is -2.78. The van der Waals surface area contributed by atoms with E-state index in [-0.39, 0.29) is 10.8 Å². The van der Waals surface area contributed by atoms with Crippen molar-refractivity contribution in [3.8, 4) is 6.07 Å². The Labute approximate surface area is 188 Å². The highest BCUT2D eigenvalue weighted by Crippen LogP contribution is 2.27. The molecule has 0 aromatic heterocycles. The van der Waals surface area contributed by atoms with Crippen LogP contribution in [0.3, 0.4) is 0 Å². The van der Waals surface area contributed by atoms with Crippen LogP contribution in [0.5, 0.6) is 0 Å². The average molecular weight is 465 g/mol. The van der Waals surface area contributed by atoms with Gasteiger partial charge in [-0.25, -0.2) is 8.42 Å². The average Bonchev–Trinajstić information content (AvgIpc) is 2.74. The highest BCUT2D eigenvalue weighted by molar-refractivity contribution is 7.89. The van der Waals surface area contributed by atoms with Gasteiger partial charge in [0.2, 0.25) is 15.9 Å². The van der Waals surface area contributed by atoms with Gasteiger partial charge in [-0.2, -0.15) is 9.57 Å². The molecule has 0 unspecified atom stereocenters. The van der Waals surface area contributed by atoms with E-state index < -0.39 is 40.1 Å². The van der Waals surface area contributed by atoms with Crippen molar-refractivity contribution in [3.63, 3.8) is 0 Å². The number of rotatable bonds is 8. The zero-order chi connectivity index (χ0) is 23.9. The van der Waals surface area contributed by atoms with E-state index in [0.29, 0.717) is 18.5 Å². The van der Waals surface area contributed by atoms with Crippen LogP contribution in [-0.2, 0) is 29.1 Å². The van der Waals surface area contributed by atoms with Gasteiger partial charge in [0.05, 0.1) is 11.0 Å². The number of ether oxygens (including phenoxy) is 1. The van der Waals surface area contributed by atoms with Gasteiger partial charge in [-0.05, 0) is 44.0 Å². The zero-order valence-electron chi connectivity index (χ0n) is 18.4. The Hall–Kier alpha value is -2.97. The molecule has 0 bridgehead atoms. The fourth-order valence-corrected chi connectivity index (χ4v) is 4.52. The number of likely N-dealkylation sites (N-methyl/N-ethyl adjacent to an activating group) is 1. The third-order valence-electron chi connectivity index (χ3n) is 5.20. The van der Waals surface area contributed by atoms with Crippen molar-refractivity contribution in [1.82, 2.24) is 9.62 Å². The summed E-state index contributed by atoms with van der Waals surface area (Å²) >= 11 is 0. The molecular weight excluding hydrogens is 436 g/mol. The Morgan fingerprint density at radius 2 is 1.78 bits per heavy atom. The molecular formula is C21H28N4O6S. The summed E-state index contributed by atoms with van der Waals surface area (Å²) in [5.74, 6) is -1.79. The van der Waals surface area contributed by atoms with Crippen molar-refractivity contribution < 1.29 is 27.5 Å². The standard InChI is InChI=1S/C21H28N4O6S/c1-15(20(28)24-21(14-22)11-5-4-6-12-21)31-19(27)13-25(3)32(29,30)18-9-7-17(8-10-18)23-16(2)26/h7-10,15H,4-6,11-13H2,1-3H3,(H,23,26)(H,24,28)/t15-/m1/s1. The van der Waals surface area contributed by atoms with Crippen LogP contribution in [0.25, 0.3) is 0 Å². The monoisotopic (exact) mass is 464 g/mol. The summed E-state index contributed by atoms with van der Waals surface area (Å²) in [5.41, 5.74) is -0.522. The molecule has 11 heteroatoms. The van der Waals surface area contributed by atoms with E-state index in [1.165, 1.54) is 45.2 Å². The number of benzene rings is 1. The van der Waals surface area contributed by atoms with Crippen LogP contribution in [0.2, 0.25) is 0 Å². The lowest BCUT2D eigenvalue weighted by Crippen LogP contribution is -2.52. The molecule has 0 aliphatic heterocycles. The first-order chi connectivity index (χ1) is 15.0. The molecule has 0 heterocycles. The van der Waals surface area contributed by atoms with Gasteiger partial charge in [0.25, 0.3) is 5.91 Å². The molecule has 1 aromatic carbocycles. The molecule has 1 fully saturated rings. The Balaban J connectivity index is 1.95. The Morgan fingerprint density at radius 1 is 1.19 bits per heavy atom. The molecule has 1 aliphatic rings. The van der Waals surface area contributed by atoms with Gasteiger partial charge < -0.3 is 15.4 Å². The lowest BCUT2D eigenvalue weighted by Gasteiger charge is -2.32. The summed E-state index contributed by atoms with van der Waals surface area (Å²) < 4.78 is 31.3. The van der Waals surface area contributed by atoms with Crippen molar-refractivity contribution in [1.29, 1.82) is 5.26 Å². The number of sulfonamides is 1. The van der Waals surface area contributed by atoms with Gasteiger partial charge in [-0.1, -0.05) is 19.3 Å². The van der Waals surface area contributed by atoms with Gasteiger partial charge in [0.1, 0.15) is 12.1 Å². The largest absolute Gasteiger partial charge is 0.452 e. The van der Waals surface area contributed by atoms with Crippen LogP contribution >= 0.6 is 0 Å². The van der Waals surface area contributed by atoms with Crippen LogP contribution in [0.15, 0.2) is 29.2 Å². The number of nitrogens with zero attached hydrogens (tertiary/aromatic N) is 2. The number of amides is 2. The van der Waals surface area contributed by atoms with Crippen LogP contribution in [0, 0.1) is 11.3 Å². The van der Waals surface area contributed by atoms with Gasteiger partial charge >= 0.3 is 5.97 Å². The highest BCUT2D eigenvalue weighted by atomic mass is 32.2. The van der Waals surface area contributed by atoms with Gasteiger partial charge in [0.15, 0.2) is 6.10 Å². The molecule has 32 heavy (non-hydrogen) atoms. The lowest BCUT2D eigenvalue weighted by molar-refractivity contribution is -0.155. The first-order valence-corrected chi connectivity index (χ1v) is 11.7. The molecule has 1 atom stereocenters. The predicted molar refractivity (Wildman–Crippen MR) is 116 cm³/mol. The van der Waals surface area contributed by atoms with Crippen LogP contribution < -0.4 is 10.6 Å². The SMILES string of the molecule is CC(=O)Nc1ccc(S(=O)(=O)N(C)CC(=O)O[C@H](C)C(=O)NC2(C#N)CCCCC2)cc1. The van der Waals surface area contributed by atoms with Gasteiger partial charge in [-0.15, -0.1) is 0 Å². The number of nitrogens with one attached hydrogen (secondary N) is 2. The van der Waals surface area contributed by atoms with Crippen molar-refractivity contribution in [3.05, 3.63) is 24.3 Å².